The van der Waals surface area contributed by atoms with Crippen molar-refractivity contribution in [1.29, 1.82) is 0 Å². The van der Waals surface area contributed by atoms with Crippen LogP contribution in [0.2, 0.25) is 0 Å². The van der Waals surface area contributed by atoms with Gasteiger partial charge in [-0.3, -0.25) is 5.32 Å². The molecule has 4 aromatic rings. The maximum Gasteiger partial charge on any atom is 0.411 e. The summed E-state index contributed by atoms with van der Waals surface area (Å²) >= 11 is 0. The van der Waals surface area contributed by atoms with Gasteiger partial charge in [-0.15, -0.1) is 0 Å². The molecular formula is C32H35NO3. The Morgan fingerprint density at radius 3 is 2.17 bits per heavy atom. The number of hydrogen-bond acceptors (Lipinski definition) is 3. The quantitative estimate of drug-likeness (QED) is 0.310. The second kappa shape index (κ2) is 10.2. The molecule has 4 nitrogen and oxygen atoms in total. The first kappa shape index (κ1) is 24.2. The smallest absolute Gasteiger partial charge is 0.411 e. The maximum absolute atomic E-state index is 13.3. The molecular weight excluding hydrogens is 446 g/mol. The molecule has 186 valence electrons. The van der Waals surface area contributed by atoms with Crippen molar-refractivity contribution in [3.63, 3.8) is 0 Å². The van der Waals surface area contributed by atoms with E-state index in [0.29, 0.717) is 17.8 Å². The highest BCUT2D eigenvalue weighted by molar-refractivity contribution is 6.13. The van der Waals surface area contributed by atoms with Gasteiger partial charge in [-0.05, 0) is 64.3 Å². The Morgan fingerprint density at radius 1 is 0.861 bits per heavy atom. The van der Waals surface area contributed by atoms with E-state index in [2.05, 4.69) is 56.4 Å². The lowest BCUT2D eigenvalue weighted by Gasteiger charge is -2.36. The van der Waals surface area contributed by atoms with Crippen LogP contribution in [0.25, 0.3) is 32.7 Å². The topological polar surface area (TPSA) is 47.6 Å². The molecule has 3 atom stereocenters. The molecule has 0 spiro atoms. The van der Waals surface area contributed by atoms with Crippen molar-refractivity contribution < 1.29 is 14.3 Å². The molecule has 1 aliphatic carbocycles. The van der Waals surface area contributed by atoms with Gasteiger partial charge in [-0.1, -0.05) is 87.9 Å². The van der Waals surface area contributed by atoms with Gasteiger partial charge in [0.25, 0.3) is 0 Å². The third-order valence-electron chi connectivity index (χ3n) is 7.75. The van der Waals surface area contributed by atoms with Crippen molar-refractivity contribution in [2.75, 3.05) is 12.4 Å². The number of carbonyl (C=O) groups excluding carboxylic acids is 1. The van der Waals surface area contributed by atoms with Crippen LogP contribution in [-0.4, -0.2) is 19.3 Å². The summed E-state index contributed by atoms with van der Waals surface area (Å²) < 4.78 is 12.0. The molecule has 36 heavy (non-hydrogen) atoms. The summed E-state index contributed by atoms with van der Waals surface area (Å²) in [5.41, 5.74) is 2.63. The number of benzene rings is 4. The van der Waals surface area contributed by atoms with E-state index in [0.717, 1.165) is 57.0 Å². The average molecular weight is 482 g/mol. The largest absolute Gasteiger partial charge is 0.496 e. The van der Waals surface area contributed by atoms with Crippen molar-refractivity contribution in [2.45, 2.75) is 46.1 Å². The fourth-order valence-electron chi connectivity index (χ4n) is 5.85. The molecule has 0 aliphatic heterocycles. The highest BCUT2D eigenvalue weighted by Gasteiger charge is 2.33. The summed E-state index contributed by atoms with van der Waals surface area (Å²) in [7, 11) is 1.69. The summed E-state index contributed by atoms with van der Waals surface area (Å²) in [5, 5.41) is 7.46. The highest BCUT2D eigenvalue weighted by atomic mass is 16.6. The zero-order valence-corrected chi connectivity index (χ0v) is 21.6. The van der Waals surface area contributed by atoms with Crippen LogP contribution in [0.5, 0.6) is 5.75 Å². The van der Waals surface area contributed by atoms with Crippen LogP contribution < -0.4 is 10.1 Å². The SMILES string of the molecule is COc1ccc2ccccc2c1-c1c(NC(=O)O[C@@H]2C[C@H](C)CC[C@H]2C(C)C)ccc2ccccc12. The Bertz CT molecular complexity index is 1390. The fourth-order valence-corrected chi connectivity index (χ4v) is 5.85. The number of ether oxygens (including phenoxy) is 2. The first-order chi connectivity index (χ1) is 17.5. The monoisotopic (exact) mass is 481 g/mol. The van der Waals surface area contributed by atoms with Crippen molar-refractivity contribution in [2.24, 2.45) is 17.8 Å². The van der Waals surface area contributed by atoms with Crippen molar-refractivity contribution in [1.82, 2.24) is 0 Å². The number of rotatable bonds is 5. The van der Waals surface area contributed by atoms with Gasteiger partial charge in [0, 0.05) is 11.1 Å². The van der Waals surface area contributed by atoms with Gasteiger partial charge in [0.15, 0.2) is 0 Å². The molecule has 0 aromatic heterocycles. The van der Waals surface area contributed by atoms with Gasteiger partial charge in [-0.2, -0.15) is 0 Å². The van der Waals surface area contributed by atoms with E-state index in [9.17, 15) is 4.79 Å². The second-order valence-corrected chi connectivity index (χ2v) is 10.5. The van der Waals surface area contributed by atoms with E-state index in [1.807, 2.05) is 42.5 Å². The summed E-state index contributed by atoms with van der Waals surface area (Å²) in [5.74, 6) is 2.20. The van der Waals surface area contributed by atoms with Crippen LogP contribution in [0, 0.1) is 17.8 Å². The van der Waals surface area contributed by atoms with Crippen LogP contribution in [0.15, 0.2) is 72.8 Å². The van der Waals surface area contributed by atoms with Gasteiger partial charge in [0.2, 0.25) is 0 Å². The average Bonchev–Trinajstić information content (AvgIpc) is 2.88. The van der Waals surface area contributed by atoms with Crippen molar-refractivity contribution in [3.05, 3.63) is 72.8 Å². The Morgan fingerprint density at radius 2 is 1.50 bits per heavy atom. The highest BCUT2D eigenvalue weighted by Crippen LogP contribution is 2.44. The van der Waals surface area contributed by atoms with Gasteiger partial charge < -0.3 is 9.47 Å². The molecule has 5 rings (SSSR count). The van der Waals surface area contributed by atoms with E-state index in [1.54, 1.807) is 7.11 Å². The van der Waals surface area contributed by atoms with Gasteiger partial charge >= 0.3 is 6.09 Å². The summed E-state index contributed by atoms with van der Waals surface area (Å²) in [6, 6.07) is 24.6. The van der Waals surface area contributed by atoms with E-state index in [1.165, 1.54) is 6.42 Å². The van der Waals surface area contributed by atoms with E-state index in [-0.39, 0.29) is 6.10 Å². The number of hydrogen-bond donors (Lipinski definition) is 1. The Hall–Kier alpha value is -3.53. The Kier molecular flexibility index (Phi) is 6.86. The minimum absolute atomic E-state index is 0.0650. The molecule has 1 amide bonds. The molecule has 1 aliphatic rings. The molecule has 0 bridgehead atoms. The van der Waals surface area contributed by atoms with Crippen LogP contribution in [0.3, 0.4) is 0 Å². The van der Waals surface area contributed by atoms with Gasteiger partial charge in [0.05, 0.1) is 12.8 Å². The third-order valence-corrected chi connectivity index (χ3v) is 7.75. The molecule has 1 saturated carbocycles. The lowest BCUT2D eigenvalue weighted by atomic mass is 9.75. The lowest BCUT2D eigenvalue weighted by Crippen LogP contribution is -2.37. The zero-order valence-electron chi connectivity index (χ0n) is 21.6. The second-order valence-electron chi connectivity index (χ2n) is 10.5. The zero-order chi connectivity index (χ0) is 25.2. The van der Waals surface area contributed by atoms with Crippen LogP contribution in [-0.2, 0) is 4.74 Å². The van der Waals surface area contributed by atoms with Crippen LogP contribution in [0.1, 0.15) is 40.0 Å². The van der Waals surface area contributed by atoms with E-state index >= 15 is 0 Å². The summed E-state index contributed by atoms with van der Waals surface area (Å²) in [4.78, 5) is 13.3. The first-order valence-electron chi connectivity index (χ1n) is 13.0. The first-order valence-corrected chi connectivity index (χ1v) is 13.0. The Balaban J connectivity index is 1.59. The normalized spacial score (nSPS) is 20.0. The van der Waals surface area contributed by atoms with Gasteiger partial charge in [0.1, 0.15) is 11.9 Å². The molecule has 4 aromatic carbocycles. The minimum Gasteiger partial charge on any atom is -0.496 e. The predicted molar refractivity (Wildman–Crippen MR) is 149 cm³/mol. The third kappa shape index (κ3) is 4.65. The summed E-state index contributed by atoms with van der Waals surface area (Å²) in [6.07, 6.45) is 2.75. The molecule has 0 heterocycles. The lowest BCUT2D eigenvalue weighted by molar-refractivity contribution is 0.0126. The standard InChI is InChI=1S/C32H35NO3/c1-20(2)24-16-13-21(3)19-29(24)36-32(34)33-27-17-14-22-9-5-7-11-25(22)30(27)31-26-12-8-6-10-23(26)15-18-28(31)35-4/h5-12,14-15,17-18,20-21,24,29H,13,16,19H2,1-4H3,(H,33,34)/t21-,24+,29-/m1/s1. The predicted octanol–water partition coefficient (Wildman–Crippen LogP) is 8.68. The van der Waals surface area contributed by atoms with Gasteiger partial charge in [-0.25, -0.2) is 4.79 Å². The molecule has 4 heteroatoms. The molecule has 0 radical (unpaired) electrons. The molecule has 1 fully saturated rings. The number of methoxy groups -OCH3 is 1. The van der Waals surface area contributed by atoms with Crippen molar-refractivity contribution in [3.8, 4) is 16.9 Å². The minimum atomic E-state index is -0.393. The molecule has 0 saturated heterocycles. The fraction of sp³-hybridized carbons (Fsp3) is 0.344. The number of nitrogens with one attached hydrogen (secondary N) is 1. The van der Waals surface area contributed by atoms with Crippen molar-refractivity contribution >= 4 is 33.3 Å². The number of amides is 1. The number of anilines is 1. The molecule has 0 unspecified atom stereocenters. The van der Waals surface area contributed by atoms with Crippen LogP contribution in [0.4, 0.5) is 10.5 Å². The molecule has 1 N–H and O–H groups in total. The van der Waals surface area contributed by atoms with E-state index < -0.39 is 6.09 Å². The summed E-state index contributed by atoms with van der Waals surface area (Å²) in [6.45, 7) is 6.70. The van der Waals surface area contributed by atoms with E-state index in [4.69, 9.17) is 9.47 Å². The number of carbonyl (C=O) groups is 1. The number of fused-ring (bicyclic) bond motifs is 2. The van der Waals surface area contributed by atoms with Crippen LogP contribution >= 0.6 is 0 Å². The maximum atomic E-state index is 13.3. The Labute approximate surface area is 213 Å².